The highest BCUT2D eigenvalue weighted by molar-refractivity contribution is 5.89. The second-order valence-electron chi connectivity index (χ2n) is 2.81. The first-order chi connectivity index (χ1) is 7.26. The van der Waals surface area contributed by atoms with Crippen LogP contribution in [0.15, 0.2) is 18.6 Å². The van der Waals surface area contributed by atoms with E-state index in [2.05, 4.69) is 14.7 Å². The van der Waals surface area contributed by atoms with Crippen LogP contribution in [0.2, 0.25) is 0 Å². The molecule has 2 aromatic heterocycles. The molecule has 0 aromatic carbocycles. The molecule has 0 amide bonds. The number of imidazole rings is 1. The van der Waals surface area contributed by atoms with Crippen LogP contribution >= 0.6 is 0 Å². The summed E-state index contributed by atoms with van der Waals surface area (Å²) in [6, 6.07) is 0. The van der Waals surface area contributed by atoms with E-state index in [1.54, 1.807) is 0 Å². The van der Waals surface area contributed by atoms with Gasteiger partial charge in [-0.05, 0) is 0 Å². The van der Waals surface area contributed by atoms with E-state index < -0.39 is 5.97 Å². The Morgan fingerprint density at radius 1 is 1.47 bits per heavy atom. The first-order valence-electron chi connectivity index (χ1n) is 4.13. The molecule has 0 aliphatic rings. The largest absolute Gasteiger partial charge is 0.465 e. The third-order valence-corrected chi connectivity index (χ3v) is 1.94. The lowest BCUT2D eigenvalue weighted by Gasteiger charge is -1.99. The van der Waals surface area contributed by atoms with Crippen molar-refractivity contribution in [3.63, 3.8) is 0 Å². The molecule has 0 saturated heterocycles. The van der Waals surface area contributed by atoms with Crippen molar-refractivity contribution >= 4 is 18.0 Å². The van der Waals surface area contributed by atoms with Gasteiger partial charge < -0.3 is 4.74 Å². The molecule has 0 aliphatic heterocycles. The van der Waals surface area contributed by atoms with Crippen LogP contribution < -0.4 is 0 Å². The third kappa shape index (κ3) is 1.45. The Morgan fingerprint density at radius 2 is 2.20 bits per heavy atom. The molecule has 76 valence electrons. The Labute approximate surface area is 84.5 Å². The van der Waals surface area contributed by atoms with Crippen LogP contribution in [0.1, 0.15) is 20.8 Å². The molecule has 0 spiro atoms. The number of esters is 1. The second-order valence-corrected chi connectivity index (χ2v) is 2.81. The molecular formula is C9H7N3O3. The van der Waals surface area contributed by atoms with Crippen molar-refractivity contribution in [2.45, 2.75) is 0 Å². The fourth-order valence-corrected chi connectivity index (χ4v) is 1.20. The zero-order valence-corrected chi connectivity index (χ0v) is 7.88. The number of fused-ring (bicyclic) bond motifs is 1. The van der Waals surface area contributed by atoms with Gasteiger partial charge in [-0.1, -0.05) is 0 Å². The summed E-state index contributed by atoms with van der Waals surface area (Å²) in [6.45, 7) is 0. The van der Waals surface area contributed by atoms with Gasteiger partial charge in [-0.2, -0.15) is 0 Å². The highest BCUT2D eigenvalue weighted by Gasteiger charge is 2.09. The van der Waals surface area contributed by atoms with Gasteiger partial charge in [-0.25, -0.2) is 14.8 Å². The monoisotopic (exact) mass is 205 g/mol. The maximum absolute atomic E-state index is 11.2. The number of aldehydes is 1. The van der Waals surface area contributed by atoms with Crippen molar-refractivity contribution in [3.8, 4) is 0 Å². The molecule has 0 fully saturated rings. The molecule has 0 aliphatic carbocycles. The van der Waals surface area contributed by atoms with Gasteiger partial charge in [0.05, 0.1) is 18.9 Å². The van der Waals surface area contributed by atoms with Gasteiger partial charge in [0.1, 0.15) is 5.69 Å². The van der Waals surface area contributed by atoms with Crippen molar-refractivity contribution < 1.29 is 14.3 Å². The summed E-state index contributed by atoms with van der Waals surface area (Å²) in [6.07, 6.45) is 4.84. The van der Waals surface area contributed by atoms with Crippen molar-refractivity contribution in [1.82, 2.24) is 14.4 Å². The summed E-state index contributed by atoms with van der Waals surface area (Å²) in [5.41, 5.74) is 0.606. The quantitative estimate of drug-likeness (QED) is 0.521. The number of carbonyl (C=O) groups is 2. The Bertz CT molecular complexity index is 532. The maximum Gasteiger partial charge on any atom is 0.340 e. The van der Waals surface area contributed by atoms with Crippen LogP contribution in [-0.2, 0) is 4.74 Å². The molecule has 2 heterocycles. The van der Waals surface area contributed by atoms with Crippen molar-refractivity contribution in [1.29, 1.82) is 0 Å². The summed E-state index contributed by atoms with van der Waals surface area (Å²) in [5, 5.41) is 0. The van der Waals surface area contributed by atoms with Crippen molar-refractivity contribution in [2.75, 3.05) is 7.11 Å². The van der Waals surface area contributed by atoms with Gasteiger partial charge in [-0.3, -0.25) is 9.20 Å². The van der Waals surface area contributed by atoms with Crippen LogP contribution in [0.4, 0.5) is 0 Å². The average Bonchev–Trinajstić information content (AvgIpc) is 2.69. The number of methoxy groups -OCH3 is 1. The summed E-state index contributed by atoms with van der Waals surface area (Å²) >= 11 is 0. The number of rotatable bonds is 2. The highest BCUT2D eigenvalue weighted by atomic mass is 16.5. The van der Waals surface area contributed by atoms with E-state index in [1.165, 1.54) is 30.1 Å². The molecule has 0 saturated carbocycles. The predicted octanol–water partition coefficient (Wildman–Crippen LogP) is 0.328. The van der Waals surface area contributed by atoms with E-state index in [9.17, 15) is 9.59 Å². The lowest BCUT2D eigenvalue weighted by Crippen LogP contribution is -2.05. The summed E-state index contributed by atoms with van der Waals surface area (Å²) in [7, 11) is 1.28. The molecular weight excluding hydrogens is 198 g/mol. The minimum Gasteiger partial charge on any atom is -0.465 e. The number of hydrogen-bond donors (Lipinski definition) is 0. The predicted molar refractivity (Wildman–Crippen MR) is 49.7 cm³/mol. The van der Waals surface area contributed by atoms with Gasteiger partial charge in [0.2, 0.25) is 5.78 Å². The first kappa shape index (κ1) is 9.32. The van der Waals surface area contributed by atoms with E-state index in [-0.39, 0.29) is 5.56 Å². The van der Waals surface area contributed by atoms with Gasteiger partial charge in [0.15, 0.2) is 6.29 Å². The molecule has 6 nitrogen and oxygen atoms in total. The van der Waals surface area contributed by atoms with E-state index in [4.69, 9.17) is 0 Å². The number of ether oxygens (including phenoxy) is 1. The summed E-state index contributed by atoms with van der Waals surface area (Å²) in [4.78, 5) is 29.6. The van der Waals surface area contributed by atoms with E-state index >= 15 is 0 Å². The SMILES string of the molecule is COC(=O)c1cnc2ncc(C=O)n2c1. The third-order valence-electron chi connectivity index (χ3n) is 1.94. The number of nitrogens with zero attached hydrogens (tertiary/aromatic N) is 3. The molecule has 0 radical (unpaired) electrons. The van der Waals surface area contributed by atoms with E-state index in [1.807, 2.05) is 0 Å². The zero-order valence-electron chi connectivity index (χ0n) is 7.88. The Balaban J connectivity index is 2.62. The fraction of sp³-hybridized carbons (Fsp3) is 0.111. The Kier molecular flexibility index (Phi) is 2.17. The number of carbonyl (C=O) groups excluding carboxylic acids is 2. The Morgan fingerprint density at radius 3 is 2.87 bits per heavy atom. The van der Waals surface area contributed by atoms with Gasteiger partial charge in [-0.15, -0.1) is 0 Å². The molecule has 2 rings (SSSR count). The van der Waals surface area contributed by atoms with Crippen LogP contribution in [0.25, 0.3) is 5.78 Å². The number of aromatic nitrogens is 3. The van der Waals surface area contributed by atoms with Gasteiger partial charge in [0, 0.05) is 12.4 Å². The van der Waals surface area contributed by atoms with Crippen LogP contribution in [-0.4, -0.2) is 33.7 Å². The topological polar surface area (TPSA) is 73.6 Å². The lowest BCUT2D eigenvalue weighted by atomic mass is 10.3. The molecule has 0 bridgehead atoms. The second kappa shape index (κ2) is 3.49. The zero-order chi connectivity index (χ0) is 10.8. The van der Waals surface area contributed by atoms with Gasteiger partial charge in [0.25, 0.3) is 0 Å². The highest BCUT2D eigenvalue weighted by Crippen LogP contribution is 2.05. The van der Waals surface area contributed by atoms with Gasteiger partial charge >= 0.3 is 5.97 Å². The van der Waals surface area contributed by atoms with Crippen LogP contribution in [0, 0.1) is 0 Å². The molecule has 0 atom stereocenters. The summed E-state index contributed by atoms with van der Waals surface area (Å²) < 4.78 is 5.96. The lowest BCUT2D eigenvalue weighted by molar-refractivity contribution is 0.0599. The minimum absolute atomic E-state index is 0.270. The van der Waals surface area contributed by atoms with E-state index in [0.717, 1.165) is 0 Å². The van der Waals surface area contributed by atoms with Crippen LogP contribution in [0.5, 0.6) is 0 Å². The standard InChI is InChI=1S/C9H7N3O3/c1-15-8(14)6-2-10-9-11-3-7(5-13)12(9)4-6/h2-5H,1H3. The normalized spacial score (nSPS) is 10.2. The van der Waals surface area contributed by atoms with Crippen LogP contribution in [0.3, 0.4) is 0 Å². The van der Waals surface area contributed by atoms with E-state index in [0.29, 0.717) is 17.8 Å². The van der Waals surface area contributed by atoms with Crippen molar-refractivity contribution in [2.24, 2.45) is 0 Å². The minimum atomic E-state index is -0.505. The molecule has 0 N–H and O–H groups in total. The maximum atomic E-state index is 11.2. The summed E-state index contributed by atoms with van der Waals surface area (Å²) in [5.74, 6) is -0.139. The first-order valence-corrected chi connectivity index (χ1v) is 4.13. The number of hydrogen-bond acceptors (Lipinski definition) is 5. The fourth-order valence-electron chi connectivity index (χ4n) is 1.20. The average molecular weight is 205 g/mol. The molecule has 2 aromatic rings. The molecule has 15 heavy (non-hydrogen) atoms. The molecule has 6 heteroatoms. The smallest absolute Gasteiger partial charge is 0.340 e. The Hall–Kier alpha value is -2.24. The molecule has 0 unspecified atom stereocenters. The van der Waals surface area contributed by atoms with Crippen molar-refractivity contribution in [3.05, 3.63) is 29.8 Å².